The summed E-state index contributed by atoms with van der Waals surface area (Å²) in [4.78, 5) is 40.2. The maximum atomic E-state index is 13.3. The van der Waals surface area contributed by atoms with E-state index in [2.05, 4.69) is 15.0 Å². The van der Waals surface area contributed by atoms with Gasteiger partial charge < -0.3 is 9.88 Å². The predicted molar refractivity (Wildman–Crippen MR) is 102 cm³/mol. The van der Waals surface area contributed by atoms with Gasteiger partial charge in [0.15, 0.2) is 0 Å². The van der Waals surface area contributed by atoms with Gasteiger partial charge in [-0.15, -0.1) is 11.3 Å². The quantitative estimate of drug-likeness (QED) is 0.752. The van der Waals surface area contributed by atoms with Crippen molar-refractivity contribution < 1.29 is 4.79 Å². The fraction of sp³-hybridized carbons (Fsp3) is 0.368. The predicted octanol–water partition coefficient (Wildman–Crippen LogP) is 3.36. The van der Waals surface area contributed by atoms with E-state index in [1.54, 1.807) is 13.1 Å². The molecule has 4 heterocycles. The first kappa shape index (κ1) is 16.9. The van der Waals surface area contributed by atoms with Gasteiger partial charge >= 0.3 is 0 Å². The fourth-order valence-corrected chi connectivity index (χ4v) is 4.86. The Labute approximate surface area is 154 Å². The van der Waals surface area contributed by atoms with Crippen molar-refractivity contribution in [1.29, 1.82) is 0 Å². The molecule has 1 fully saturated rings. The molecule has 0 bridgehead atoms. The number of rotatable bonds is 2. The summed E-state index contributed by atoms with van der Waals surface area (Å²) in [6.07, 6.45) is 6.59. The third-order valence-electron chi connectivity index (χ3n) is 4.95. The van der Waals surface area contributed by atoms with Crippen molar-refractivity contribution in [1.82, 2.24) is 19.9 Å². The van der Waals surface area contributed by atoms with E-state index in [4.69, 9.17) is 0 Å². The number of carbonyl (C=O) groups is 1. The van der Waals surface area contributed by atoms with Crippen molar-refractivity contribution in [3.8, 4) is 0 Å². The first-order valence-electron chi connectivity index (χ1n) is 8.77. The molecule has 1 amide bonds. The number of carbonyl (C=O) groups excluding carboxylic acids is 1. The lowest BCUT2D eigenvalue weighted by atomic mass is 9.96. The summed E-state index contributed by atoms with van der Waals surface area (Å²) in [6.45, 7) is 4.30. The minimum atomic E-state index is -0.178. The molecule has 0 radical (unpaired) electrons. The van der Waals surface area contributed by atoms with Crippen LogP contribution in [-0.4, -0.2) is 32.3 Å². The van der Waals surface area contributed by atoms with Crippen LogP contribution in [0.2, 0.25) is 0 Å². The van der Waals surface area contributed by atoms with Crippen LogP contribution in [0.15, 0.2) is 29.3 Å². The number of hydrogen-bond acceptors (Lipinski definition) is 5. The summed E-state index contributed by atoms with van der Waals surface area (Å²) >= 11 is 1.31. The molecule has 1 aliphatic rings. The molecule has 1 aliphatic heterocycles. The zero-order chi connectivity index (χ0) is 18.3. The van der Waals surface area contributed by atoms with Gasteiger partial charge in [-0.1, -0.05) is 6.07 Å². The molecular weight excluding hydrogens is 348 g/mol. The fourth-order valence-electron chi connectivity index (χ4n) is 3.68. The third kappa shape index (κ3) is 2.82. The summed E-state index contributed by atoms with van der Waals surface area (Å²) in [5, 5.41) is 0.527. The molecule has 1 saturated heterocycles. The Morgan fingerprint density at radius 3 is 2.96 bits per heavy atom. The molecule has 0 saturated carbocycles. The van der Waals surface area contributed by atoms with Gasteiger partial charge in [0.05, 0.1) is 16.3 Å². The Morgan fingerprint density at radius 2 is 2.19 bits per heavy atom. The molecule has 1 N–H and O–H groups in total. The van der Waals surface area contributed by atoms with Gasteiger partial charge in [-0.3, -0.25) is 14.6 Å². The minimum Gasteiger partial charge on any atom is -0.331 e. The number of thiophene rings is 1. The lowest BCUT2D eigenvalue weighted by molar-refractivity contribution is 0.0615. The second-order valence-corrected chi connectivity index (χ2v) is 7.68. The molecule has 1 unspecified atom stereocenters. The third-order valence-corrected chi connectivity index (χ3v) is 6.12. The molecule has 0 aliphatic carbocycles. The van der Waals surface area contributed by atoms with Crippen LogP contribution in [0.5, 0.6) is 0 Å². The number of fused-ring (bicyclic) bond motifs is 1. The van der Waals surface area contributed by atoms with Gasteiger partial charge in [-0.25, -0.2) is 4.98 Å². The van der Waals surface area contributed by atoms with Crippen LogP contribution in [0, 0.1) is 13.8 Å². The number of hydrogen-bond donors (Lipinski definition) is 1. The van der Waals surface area contributed by atoms with Crippen LogP contribution in [0.4, 0.5) is 0 Å². The zero-order valence-corrected chi connectivity index (χ0v) is 15.6. The SMILES string of the molecule is Cc1nc2sc(C(=O)N3CCCCC3c3cccnc3)c(C)c2c(=O)[nH]1. The van der Waals surface area contributed by atoms with E-state index in [0.717, 1.165) is 36.9 Å². The normalized spacial score (nSPS) is 17.6. The number of pyridine rings is 1. The number of nitrogens with one attached hydrogen (secondary N) is 1. The average molecular weight is 368 g/mol. The van der Waals surface area contributed by atoms with Crippen molar-refractivity contribution in [3.05, 3.63) is 56.7 Å². The number of nitrogens with zero attached hydrogens (tertiary/aromatic N) is 3. The number of aromatic amines is 1. The van der Waals surface area contributed by atoms with Crippen LogP contribution in [0.1, 0.15) is 51.9 Å². The number of aromatic nitrogens is 3. The first-order chi connectivity index (χ1) is 12.6. The molecule has 4 rings (SSSR count). The lowest BCUT2D eigenvalue weighted by Gasteiger charge is -2.35. The molecule has 0 spiro atoms. The molecule has 0 aromatic carbocycles. The number of likely N-dealkylation sites (tertiary alicyclic amines) is 1. The van der Waals surface area contributed by atoms with Crippen molar-refractivity contribution in [3.63, 3.8) is 0 Å². The highest BCUT2D eigenvalue weighted by molar-refractivity contribution is 7.20. The van der Waals surface area contributed by atoms with Gasteiger partial charge in [0.1, 0.15) is 10.7 Å². The topological polar surface area (TPSA) is 79.0 Å². The van der Waals surface area contributed by atoms with Crippen LogP contribution in [0.3, 0.4) is 0 Å². The van der Waals surface area contributed by atoms with Gasteiger partial charge in [-0.05, 0) is 50.3 Å². The van der Waals surface area contributed by atoms with Gasteiger partial charge in [-0.2, -0.15) is 0 Å². The standard InChI is InChI=1S/C19H20N4O2S/c1-11-15-17(24)21-12(2)22-18(15)26-16(11)19(25)23-9-4-3-7-14(23)13-6-5-8-20-10-13/h5-6,8,10,14H,3-4,7,9H2,1-2H3,(H,21,22,24). The Kier molecular flexibility index (Phi) is 4.32. The van der Waals surface area contributed by atoms with E-state index in [9.17, 15) is 9.59 Å². The van der Waals surface area contributed by atoms with E-state index in [-0.39, 0.29) is 17.5 Å². The van der Waals surface area contributed by atoms with Crippen LogP contribution < -0.4 is 5.56 Å². The molecule has 3 aromatic rings. The van der Waals surface area contributed by atoms with E-state index in [1.165, 1.54) is 11.3 Å². The van der Waals surface area contributed by atoms with Crippen molar-refractivity contribution in [2.45, 2.75) is 39.2 Å². The van der Waals surface area contributed by atoms with Gasteiger partial charge in [0, 0.05) is 18.9 Å². The van der Waals surface area contributed by atoms with E-state index < -0.39 is 0 Å². The minimum absolute atomic E-state index is 0.0175. The molecule has 134 valence electrons. The number of piperidine rings is 1. The summed E-state index contributed by atoms with van der Waals surface area (Å²) < 4.78 is 0. The highest BCUT2D eigenvalue weighted by atomic mass is 32.1. The zero-order valence-electron chi connectivity index (χ0n) is 14.8. The van der Waals surface area contributed by atoms with Crippen molar-refractivity contribution >= 4 is 27.5 Å². The van der Waals surface area contributed by atoms with Crippen molar-refractivity contribution in [2.24, 2.45) is 0 Å². The number of H-pyrrole nitrogens is 1. The second-order valence-electron chi connectivity index (χ2n) is 6.68. The van der Waals surface area contributed by atoms with E-state index in [0.29, 0.717) is 20.9 Å². The Bertz CT molecular complexity index is 1030. The maximum absolute atomic E-state index is 13.3. The largest absolute Gasteiger partial charge is 0.331 e. The summed E-state index contributed by atoms with van der Waals surface area (Å²) in [7, 11) is 0. The smallest absolute Gasteiger partial charge is 0.264 e. The molecule has 7 heteroatoms. The second kappa shape index (κ2) is 6.64. The van der Waals surface area contributed by atoms with E-state index >= 15 is 0 Å². The maximum Gasteiger partial charge on any atom is 0.264 e. The van der Waals surface area contributed by atoms with Gasteiger partial charge in [0.25, 0.3) is 11.5 Å². The Hall–Kier alpha value is -2.54. The average Bonchev–Trinajstić information content (AvgIpc) is 2.98. The summed E-state index contributed by atoms with van der Waals surface area (Å²) in [5.41, 5.74) is 1.60. The molecule has 6 nitrogen and oxygen atoms in total. The molecule has 1 atom stereocenters. The summed E-state index contributed by atoms with van der Waals surface area (Å²) in [5.74, 6) is 0.546. The first-order valence-corrected chi connectivity index (χ1v) is 9.59. The Balaban J connectivity index is 1.77. The van der Waals surface area contributed by atoms with Crippen LogP contribution >= 0.6 is 11.3 Å². The lowest BCUT2D eigenvalue weighted by Crippen LogP contribution is -2.38. The number of aryl methyl sites for hydroxylation is 2. The van der Waals surface area contributed by atoms with Crippen LogP contribution in [0.25, 0.3) is 10.2 Å². The molecular formula is C19H20N4O2S. The Morgan fingerprint density at radius 1 is 1.35 bits per heavy atom. The molecule has 26 heavy (non-hydrogen) atoms. The van der Waals surface area contributed by atoms with Gasteiger partial charge in [0.2, 0.25) is 0 Å². The highest BCUT2D eigenvalue weighted by Crippen LogP contribution is 2.35. The van der Waals surface area contributed by atoms with Crippen molar-refractivity contribution in [2.75, 3.05) is 6.54 Å². The number of amides is 1. The van der Waals surface area contributed by atoms with E-state index in [1.807, 2.05) is 30.2 Å². The highest BCUT2D eigenvalue weighted by Gasteiger charge is 2.31. The van der Waals surface area contributed by atoms with Crippen LogP contribution in [-0.2, 0) is 0 Å². The molecule has 3 aromatic heterocycles. The summed E-state index contributed by atoms with van der Waals surface area (Å²) in [6, 6.07) is 3.96. The monoisotopic (exact) mass is 368 g/mol.